The number of aliphatic hydroxyl groups excluding tert-OH is 2. The summed E-state index contributed by atoms with van der Waals surface area (Å²) in [6.45, 7) is 4.04. The zero-order chi connectivity index (χ0) is 39.8. The van der Waals surface area contributed by atoms with Gasteiger partial charge in [-0.2, -0.15) is 0 Å². The zero-order valence-electron chi connectivity index (χ0n) is 35.3. The topological polar surface area (TPSA) is 151 Å². The molecule has 4 atom stereocenters. The lowest BCUT2D eigenvalue weighted by Crippen LogP contribution is -2.47. The summed E-state index contributed by atoms with van der Waals surface area (Å²) in [7, 11) is -4.37. The Hall–Kier alpha value is -0.800. The molecule has 4 unspecified atom stereocenters. The third-order valence-electron chi connectivity index (χ3n) is 10.4. The molecule has 0 aliphatic carbocycles. The van der Waals surface area contributed by atoms with Crippen LogP contribution < -0.4 is 11.1 Å². The Bertz CT molecular complexity index is 878. The lowest BCUT2D eigenvalue weighted by Gasteiger charge is -2.25. The van der Waals surface area contributed by atoms with Crippen LogP contribution in [0.5, 0.6) is 0 Å². The summed E-state index contributed by atoms with van der Waals surface area (Å²) in [6.07, 6.45) is 41.2. The van der Waals surface area contributed by atoms with Gasteiger partial charge in [0.2, 0.25) is 5.91 Å². The Morgan fingerprint density at radius 1 is 0.611 bits per heavy atom. The van der Waals surface area contributed by atoms with E-state index in [0.29, 0.717) is 12.8 Å². The highest BCUT2D eigenvalue weighted by Gasteiger charge is 2.28. The number of aliphatic hydroxyl groups is 2. The standard InChI is InChI=1S/C44H89N2O7P/c1-3-5-7-9-11-13-15-16-17-18-19-20-21-22-23-24-26-27-29-31-33-35-41(47)39-44(49)46-42(40-53-54(50,51)52-38-37-45)43(48)36-34-32-30-28-25-14-12-10-8-6-4-2/h22-23,41-43,47-48H,3-21,24-40,45H2,1-2H3,(H,46,49)(H,50,51)/b23-22-. The van der Waals surface area contributed by atoms with Crippen LogP contribution in [0.25, 0.3) is 0 Å². The number of carbonyl (C=O) groups excluding carboxylic acids is 1. The first-order chi connectivity index (χ1) is 26.3. The SMILES string of the molecule is CCCCCCCCCCCCCC/C=C\CCCCCCCC(O)CC(=O)NC(COP(=O)(O)OCCN)C(O)CCCCCCCCCCCCC. The number of nitrogens with two attached hydrogens (primary N) is 1. The number of amides is 1. The van der Waals surface area contributed by atoms with Crippen LogP contribution in [-0.2, 0) is 18.4 Å². The average Bonchev–Trinajstić information content (AvgIpc) is 3.15. The van der Waals surface area contributed by atoms with Crippen molar-refractivity contribution in [1.82, 2.24) is 5.32 Å². The molecule has 1 amide bonds. The van der Waals surface area contributed by atoms with Crippen LogP contribution in [0.2, 0.25) is 0 Å². The van der Waals surface area contributed by atoms with Crippen LogP contribution >= 0.6 is 7.82 Å². The van der Waals surface area contributed by atoms with Crippen LogP contribution in [-0.4, -0.2) is 59.0 Å². The van der Waals surface area contributed by atoms with E-state index in [2.05, 4.69) is 31.3 Å². The molecule has 0 bridgehead atoms. The summed E-state index contributed by atoms with van der Waals surface area (Å²) in [5, 5.41) is 24.2. The molecule has 6 N–H and O–H groups in total. The van der Waals surface area contributed by atoms with Gasteiger partial charge >= 0.3 is 7.82 Å². The van der Waals surface area contributed by atoms with Crippen molar-refractivity contribution in [2.75, 3.05) is 19.8 Å². The fourth-order valence-electron chi connectivity index (χ4n) is 6.94. The Morgan fingerprint density at radius 2 is 1.00 bits per heavy atom. The average molecular weight is 789 g/mol. The van der Waals surface area contributed by atoms with Gasteiger partial charge in [-0.1, -0.05) is 193 Å². The third-order valence-corrected chi connectivity index (χ3v) is 11.4. The van der Waals surface area contributed by atoms with Gasteiger partial charge in [0.15, 0.2) is 0 Å². The second-order valence-electron chi connectivity index (χ2n) is 15.8. The maximum Gasteiger partial charge on any atom is 0.472 e. The van der Waals surface area contributed by atoms with Crippen molar-refractivity contribution in [1.29, 1.82) is 0 Å². The molecular weight excluding hydrogens is 699 g/mol. The molecule has 0 aromatic heterocycles. The molecular formula is C44H89N2O7P. The molecule has 54 heavy (non-hydrogen) atoms. The van der Waals surface area contributed by atoms with Gasteiger partial charge < -0.3 is 26.2 Å². The van der Waals surface area contributed by atoms with E-state index in [-0.39, 0.29) is 26.2 Å². The van der Waals surface area contributed by atoms with Gasteiger partial charge in [0.05, 0.1) is 37.9 Å². The van der Waals surface area contributed by atoms with Gasteiger partial charge in [0, 0.05) is 6.54 Å². The summed E-state index contributed by atoms with van der Waals surface area (Å²) in [6, 6.07) is -0.895. The Labute approximate surface area is 333 Å². The Kier molecular flexibility index (Phi) is 39.8. The number of phosphoric ester groups is 1. The number of hydrogen-bond donors (Lipinski definition) is 5. The van der Waals surface area contributed by atoms with Crippen molar-refractivity contribution in [3.63, 3.8) is 0 Å². The highest BCUT2D eigenvalue weighted by atomic mass is 31.2. The number of hydrogen-bond acceptors (Lipinski definition) is 7. The molecule has 0 rings (SSSR count). The number of phosphoric acid groups is 1. The van der Waals surface area contributed by atoms with Crippen molar-refractivity contribution < 1.29 is 33.5 Å². The molecule has 0 radical (unpaired) electrons. The second-order valence-corrected chi connectivity index (χ2v) is 17.3. The number of rotatable bonds is 43. The predicted octanol–water partition coefficient (Wildman–Crippen LogP) is 11.8. The van der Waals surface area contributed by atoms with Crippen LogP contribution in [0.3, 0.4) is 0 Å². The minimum Gasteiger partial charge on any atom is -0.393 e. The first kappa shape index (κ1) is 53.2. The van der Waals surface area contributed by atoms with E-state index in [1.807, 2.05) is 0 Å². The molecule has 322 valence electrons. The predicted molar refractivity (Wildman–Crippen MR) is 228 cm³/mol. The zero-order valence-corrected chi connectivity index (χ0v) is 36.2. The van der Waals surface area contributed by atoms with Gasteiger partial charge in [0.25, 0.3) is 0 Å². The molecule has 9 nitrogen and oxygen atoms in total. The smallest absolute Gasteiger partial charge is 0.393 e. The molecule has 0 aromatic rings. The van der Waals surface area contributed by atoms with Crippen molar-refractivity contribution in [3.8, 4) is 0 Å². The summed E-state index contributed by atoms with van der Waals surface area (Å²) < 4.78 is 22.1. The molecule has 0 aliphatic heterocycles. The highest BCUT2D eigenvalue weighted by molar-refractivity contribution is 7.47. The first-order valence-electron chi connectivity index (χ1n) is 22.9. The largest absolute Gasteiger partial charge is 0.472 e. The van der Waals surface area contributed by atoms with E-state index in [0.717, 1.165) is 44.9 Å². The van der Waals surface area contributed by atoms with Crippen LogP contribution in [0.4, 0.5) is 0 Å². The Balaban J connectivity index is 4.14. The van der Waals surface area contributed by atoms with E-state index in [4.69, 9.17) is 14.8 Å². The number of allylic oxidation sites excluding steroid dienone is 2. The van der Waals surface area contributed by atoms with Crippen molar-refractivity contribution >= 4 is 13.7 Å². The molecule has 0 aliphatic rings. The fraction of sp³-hybridized carbons (Fsp3) is 0.932. The van der Waals surface area contributed by atoms with E-state index >= 15 is 0 Å². The van der Waals surface area contributed by atoms with Crippen LogP contribution in [0.15, 0.2) is 12.2 Å². The lowest BCUT2D eigenvalue weighted by molar-refractivity contribution is -0.125. The van der Waals surface area contributed by atoms with E-state index in [1.165, 1.54) is 148 Å². The number of unbranched alkanes of at least 4 members (excludes halogenated alkanes) is 27. The van der Waals surface area contributed by atoms with Crippen molar-refractivity contribution in [2.24, 2.45) is 5.73 Å². The number of nitrogens with one attached hydrogen (secondary N) is 1. The minimum atomic E-state index is -4.37. The van der Waals surface area contributed by atoms with Crippen molar-refractivity contribution in [3.05, 3.63) is 12.2 Å². The molecule has 10 heteroatoms. The molecule has 0 heterocycles. The monoisotopic (exact) mass is 789 g/mol. The lowest BCUT2D eigenvalue weighted by atomic mass is 10.0. The van der Waals surface area contributed by atoms with Crippen LogP contribution in [0.1, 0.15) is 226 Å². The fourth-order valence-corrected chi connectivity index (χ4v) is 7.70. The quantitative estimate of drug-likeness (QED) is 0.0233. The third kappa shape index (κ3) is 38.1. The van der Waals surface area contributed by atoms with Gasteiger partial charge in [-0.3, -0.25) is 13.8 Å². The maximum absolute atomic E-state index is 12.8. The van der Waals surface area contributed by atoms with Gasteiger partial charge in [0.1, 0.15) is 0 Å². The first-order valence-corrected chi connectivity index (χ1v) is 24.4. The van der Waals surface area contributed by atoms with Gasteiger partial charge in [-0.05, 0) is 38.5 Å². The van der Waals surface area contributed by atoms with Gasteiger partial charge in [-0.25, -0.2) is 4.57 Å². The number of carbonyl (C=O) groups is 1. The van der Waals surface area contributed by atoms with E-state index in [9.17, 15) is 24.5 Å². The highest BCUT2D eigenvalue weighted by Crippen LogP contribution is 2.43. The molecule has 0 saturated heterocycles. The summed E-state index contributed by atoms with van der Waals surface area (Å²) >= 11 is 0. The normalized spacial score (nSPS) is 14.7. The van der Waals surface area contributed by atoms with Gasteiger partial charge in [-0.15, -0.1) is 0 Å². The Morgan fingerprint density at radius 3 is 1.43 bits per heavy atom. The maximum atomic E-state index is 12.8. The minimum absolute atomic E-state index is 0.0599. The van der Waals surface area contributed by atoms with E-state index in [1.54, 1.807) is 0 Å². The van der Waals surface area contributed by atoms with Crippen molar-refractivity contribution in [2.45, 2.75) is 244 Å². The second kappa shape index (κ2) is 40.4. The molecule has 0 aromatic carbocycles. The van der Waals surface area contributed by atoms with Crippen LogP contribution in [0, 0.1) is 0 Å². The summed E-state index contributed by atoms with van der Waals surface area (Å²) in [5.74, 6) is -0.417. The molecule has 0 spiro atoms. The summed E-state index contributed by atoms with van der Waals surface area (Å²) in [5.41, 5.74) is 5.36. The van der Waals surface area contributed by atoms with E-state index < -0.39 is 32.0 Å². The summed E-state index contributed by atoms with van der Waals surface area (Å²) in [4.78, 5) is 22.8. The molecule has 0 fully saturated rings. The molecule has 0 saturated carbocycles.